The maximum absolute atomic E-state index is 12.4. The molecule has 7 heteroatoms. The zero-order valence-electron chi connectivity index (χ0n) is 13.5. The van der Waals surface area contributed by atoms with E-state index < -0.39 is 0 Å². The van der Waals surface area contributed by atoms with Gasteiger partial charge in [-0.05, 0) is 24.6 Å². The predicted molar refractivity (Wildman–Crippen MR) is 98.8 cm³/mol. The van der Waals surface area contributed by atoms with E-state index in [-0.39, 0.29) is 16.6 Å². The molecule has 0 unspecified atom stereocenters. The number of hydrogen-bond donors (Lipinski definition) is 1. The van der Waals surface area contributed by atoms with Crippen LogP contribution in [0.5, 0.6) is 0 Å². The average molecular weight is 363 g/mol. The van der Waals surface area contributed by atoms with Crippen LogP contribution in [0.3, 0.4) is 0 Å². The molecule has 0 saturated carbocycles. The van der Waals surface area contributed by atoms with Gasteiger partial charge in [0, 0.05) is 36.8 Å². The number of carbonyl (C=O) groups is 1. The second-order valence-corrected chi connectivity index (χ2v) is 7.29. The number of nitrogens with zero attached hydrogens (tertiary/aromatic N) is 3. The third-order valence-corrected chi connectivity index (χ3v) is 4.99. The molecule has 1 aliphatic rings. The topological polar surface area (TPSA) is 58.1 Å². The zero-order valence-corrected chi connectivity index (χ0v) is 15.0. The summed E-state index contributed by atoms with van der Waals surface area (Å²) in [5, 5.41) is 3.12. The van der Waals surface area contributed by atoms with Crippen LogP contribution in [-0.4, -0.2) is 45.4 Å². The minimum atomic E-state index is -0.322. The van der Waals surface area contributed by atoms with Crippen molar-refractivity contribution in [3.63, 3.8) is 0 Å². The van der Waals surface area contributed by atoms with Crippen molar-refractivity contribution >= 4 is 35.0 Å². The summed E-state index contributed by atoms with van der Waals surface area (Å²) < 4.78 is 0. The fraction of sp³-hybridized carbons (Fsp3) is 0.353. The number of anilines is 1. The van der Waals surface area contributed by atoms with Crippen LogP contribution in [0.25, 0.3) is 0 Å². The molecule has 0 atom stereocenters. The number of hydrogen-bond acceptors (Lipinski definition) is 5. The van der Waals surface area contributed by atoms with E-state index in [1.165, 1.54) is 23.3 Å². The van der Waals surface area contributed by atoms with Gasteiger partial charge in [0.2, 0.25) is 0 Å². The highest BCUT2D eigenvalue weighted by molar-refractivity contribution is 7.99. The van der Waals surface area contributed by atoms with Crippen molar-refractivity contribution in [1.82, 2.24) is 14.9 Å². The summed E-state index contributed by atoms with van der Waals surface area (Å²) in [6, 6.07) is 7.91. The Labute approximate surface area is 150 Å². The van der Waals surface area contributed by atoms with Crippen molar-refractivity contribution in [1.29, 1.82) is 0 Å². The van der Waals surface area contributed by atoms with Crippen LogP contribution < -0.4 is 5.32 Å². The first-order valence-corrected chi connectivity index (χ1v) is 9.34. The van der Waals surface area contributed by atoms with Crippen LogP contribution in [0.2, 0.25) is 5.02 Å². The molecule has 24 heavy (non-hydrogen) atoms. The minimum Gasteiger partial charge on any atom is -0.321 e. The molecule has 1 aromatic carbocycles. The van der Waals surface area contributed by atoms with E-state index in [9.17, 15) is 4.79 Å². The monoisotopic (exact) mass is 362 g/mol. The first kappa shape index (κ1) is 17.2. The Morgan fingerprint density at radius 2 is 2.17 bits per heavy atom. The Morgan fingerprint density at radius 3 is 2.96 bits per heavy atom. The molecular formula is C17H19ClN4OS. The lowest BCUT2D eigenvalue weighted by Gasteiger charge is -2.26. The van der Waals surface area contributed by atoms with E-state index in [1.54, 1.807) is 6.92 Å². The number of amides is 1. The molecule has 0 bridgehead atoms. The molecule has 1 N–H and O–H groups in total. The Hall–Kier alpha value is -1.63. The van der Waals surface area contributed by atoms with E-state index >= 15 is 0 Å². The highest BCUT2D eigenvalue weighted by Crippen LogP contribution is 2.18. The largest absolute Gasteiger partial charge is 0.321 e. The minimum absolute atomic E-state index is 0.197. The summed E-state index contributed by atoms with van der Waals surface area (Å²) in [4.78, 5) is 22.9. The van der Waals surface area contributed by atoms with E-state index in [0.29, 0.717) is 5.82 Å². The Bertz CT molecular complexity index is 734. The normalized spacial score (nSPS) is 15.2. The quantitative estimate of drug-likeness (QED) is 0.904. The molecule has 0 aliphatic carbocycles. The molecule has 1 saturated heterocycles. The molecule has 126 valence electrons. The Balaban J connectivity index is 1.69. The van der Waals surface area contributed by atoms with E-state index in [1.807, 2.05) is 30.0 Å². The van der Waals surface area contributed by atoms with Crippen molar-refractivity contribution in [2.24, 2.45) is 0 Å². The summed E-state index contributed by atoms with van der Waals surface area (Å²) in [5.74, 6) is 2.56. The van der Waals surface area contributed by atoms with Gasteiger partial charge in [-0.3, -0.25) is 9.69 Å². The van der Waals surface area contributed by atoms with Gasteiger partial charge in [0.1, 0.15) is 5.82 Å². The van der Waals surface area contributed by atoms with Crippen molar-refractivity contribution < 1.29 is 4.79 Å². The van der Waals surface area contributed by atoms with Crippen LogP contribution in [0.4, 0.5) is 5.69 Å². The summed E-state index contributed by atoms with van der Waals surface area (Å²) >= 11 is 8.02. The molecule has 1 aliphatic heterocycles. The summed E-state index contributed by atoms with van der Waals surface area (Å²) in [7, 11) is 0. The first-order valence-electron chi connectivity index (χ1n) is 7.81. The molecule has 0 spiro atoms. The average Bonchev–Trinajstić information content (AvgIpc) is 2.58. The summed E-state index contributed by atoms with van der Waals surface area (Å²) in [5.41, 5.74) is 2.13. The molecular weight excluding hydrogens is 344 g/mol. The number of benzene rings is 1. The number of thioether (sulfide) groups is 1. The van der Waals surface area contributed by atoms with Crippen molar-refractivity contribution in [3.05, 3.63) is 52.6 Å². The zero-order chi connectivity index (χ0) is 16.9. The lowest BCUT2D eigenvalue weighted by atomic mass is 10.2. The predicted octanol–water partition coefficient (Wildman–Crippen LogP) is 3.24. The molecule has 0 radical (unpaired) electrons. The molecule has 5 nitrogen and oxygen atoms in total. The highest BCUT2D eigenvalue weighted by Gasteiger charge is 2.14. The van der Waals surface area contributed by atoms with Gasteiger partial charge in [0.05, 0.1) is 11.2 Å². The first-order chi connectivity index (χ1) is 11.6. The summed E-state index contributed by atoms with van der Waals surface area (Å²) in [6.07, 6.45) is 1.45. The Kier molecular flexibility index (Phi) is 5.71. The lowest BCUT2D eigenvalue weighted by molar-refractivity contribution is 0.102. The van der Waals surface area contributed by atoms with Crippen LogP contribution in [0, 0.1) is 6.92 Å². The van der Waals surface area contributed by atoms with Crippen molar-refractivity contribution in [3.8, 4) is 0 Å². The number of halogens is 1. The maximum Gasteiger partial charge on any atom is 0.275 e. The van der Waals surface area contributed by atoms with Crippen LogP contribution in [0.1, 0.15) is 21.9 Å². The second-order valence-electron chi connectivity index (χ2n) is 5.66. The van der Waals surface area contributed by atoms with E-state index in [2.05, 4.69) is 26.3 Å². The Morgan fingerprint density at radius 1 is 1.38 bits per heavy atom. The SMILES string of the molecule is Cc1ncc(Cl)c(C(=O)Nc2cccc(CN3CCSCC3)c2)n1. The molecule has 1 fully saturated rings. The smallest absolute Gasteiger partial charge is 0.275 e. The van der Waals surface area contributed by atoms with Gasteiger partial charge >= 0.3 is 0 Å². The number of aromatic nitrogens is 2. The van der Waals surface area contributed by atoms with Gasteiger partial charge in [-0.2, -0.15) is 11.8 Å². The second kappa shape index (κ2) is 7.96. The van der Waals surface area contributed by atoms with E-state index in [0.717, 1.165) is 25.3 Å². The molecule has 1 aromatic heterocycles. The van der Waals surface area contributed by atoms with Gasteiger partial charge in [-0.15, -0.1) is 0 Å². The van der Waals surface area contributed by atoms with Crippen molar-refractivity contribution in [2.75, 3.05) is 29.9 Å². The fourth-order valence-corrected chi connectivity index (χ4v) is 3.73. The number of carbonyl (C=O) groups excluding carboxylic acids is 1. The molecule has 2 heterocycles. The van der Waals surface area contributed by atoms with Gasteiger partial charge in [-0.1, -0.05) is 23.7 Å². The number of aryl methyl sites for hydroxylation is 1. The molecule has 1 amide bonds. The molecule has 3 rings (SSSR count). The number of rotatable bonds is 4. The van der Waals surface area contributed by atoms with Crippen molar-refractivity contribution in [2.45, 2.75) is 13.5 Å². The van der Waals surface area contributed by atoms with Crippen LogP contribution >= 0.6 is 23.4 Å². The fourth-order valence-electron chi connectivity index (χ4n) is 2.57. The standard InChI is InChI=1S/C17H19ClN4OS/c1-12-19-10-15(18)16(20-12)17(23)21-14-4-2-3-13(9-14)11-22-5-7-24-8-6-22/h2-4,9-10H,5-8,11H2,1H3,(H,21,23). The van der Waals surface area contributed by atoms with Crippen LogP contribution in [-0.2, 0) is 6.54 Å². The van der Waals surface area contributed by atoms with Crippen LogP contribution in [0.15, 0.2) is 30.5 Å². The van der Waals surface area contributed by atoms with Gasteiger partial charge < -0.3 is 5.32 Å². The number of nitrogens with one attached hydrogen (secondary N) is 1. The van der Waals surface area contributed by atoms with Gasteiger partial charge in [-0.25, -0.2) is 9.97 Å². The van der Waals surface area contributed by atoms with E-state index in [4.69, 9.17) is 11.6 Å². The third kappa shape index (κ3) is 4.47. The van der Waals surface area contributed by atoms with Gasteiger partial charge in [0.15, 0.2) is 5.69 Å². The van der Waals surface area contributed by atoms with Gasteiger partial charge in [0.25, 0.3) is 5.91 Å². The summed E-state index contributed by atoms with van der Waals surface area (Å²) in [6.45, 7) is 4.84. The molecule has 2 aromatic rings. The lowest BCUT2D eigenvalue weighted by Crippen LogP contribution is -2.31. The maximum atomic E-state index is 12.4. The third-order valence-electron chi connectivity index (χ3n) is 3.77. The highest BCUT2D eigenvalue weighted by atomic mass is 35.5.